The van der Waals surface area contributed by atoms with E-state index in [9.17, 15) is 0 Å². The van der Waals surface area contributed by atoms with Gasteiger partial charge in [0.25, 0.3) is 0 Å². The standard InChI is InChI=1S/C16H17Cl2NO2/c1-19(7-8-20)11-12-3-2-4-13(9-12)21-14-5-6-15(17)16(18)10-14/h2-6,9-10,20H,7-8,11H2,1H3. The third-order valence-corrected chi connectivity index (χ3v) is 3.70. The van der Waals surface area contributed by atoms with Crippen molar-refractivity contribution in [2.75, 3.05) is 20.2 Å². The molecule has 2 rings (SSSR count). The molecule has 0 saturated heterocycles. The molecular formula is C16H17Cl2NO2. The zero-order valence-corrected chi connectivity index (χ0v) is 13.2. The summed E-state index contributed by atoms with van der Waals surface area (Å²) in [4.78, 5) is 2.04. The summed E-state index contributed by atoms with van der Waals surface area (Å²) in [5.41, 5.74) is 1.11. The number of nitrogens with zero attached hydrogens (tertiary/aromatic N) is 1. The number of likely N-dealkylation sites (N-methyl/N-ethyl adjacent to an activating group) is 1. The first-order valence-electron chi connectivity index (χ1n) is 6.60. The number of benzene rings is 2. The van der Waals surface area contributed by atoms with Crippen LogP contribution in [0, 0.1) is 0 Å². The molecule has 1 N–H and O–H groups in total. The van der Waals surface area contributed by atoms with Crippen LogP contribution in [0.25, 0.3) is 0 Å². The van der Waals surface area contributed by atoms with Crippen molar-refractivity contribution in [2.24, 2.45) is 0 Å². The van der Waals surface area contributed by atoms with Gasteiger partial charge in [0.1, 0.15) is 11.5 Å². The number of hydrogen-bond donors (Lipinski definition) is 1. The van der Waals surface area contributed by atoms with Crippen LogP contribution >= 0.6 is 23.2 Å². The van der Waals surface area contributed by atoms with E-state index < -0.39 is 0 Å². The Morgan fingerprint density at radius 3 is 2.52 bits per heavy atom. The zero-order chi connectivity index (χ0) is 15.2. The molecule has 112 valence electrons. The molecule has 21 heavy (non-hydrogen) atoms. The fourth-order valence-corrected chi connectivity index (χ4v) is 2.23. The van der Waals surface area contributed by atoms with E-state index in [1.54, 1.807) is 18.2 Å². The molecule has 0 spiro atoms. The highest BCUT2D eigenvalue weighted by Crippen LogP contribution is 2.29. The maximum atomic E-state index is 8.92. The molecule has 0 fully saturated rings. The van der Waals surface area contributed by atoms with Gasteiger partial charge in [0, 0.05) is 19.2 Å². The summed E-state index contributed by atoms with van der Waals surface area (Å²) < 4.78 is 5.79. The van der Waals surface area contributed by atoms with Crippen LogP contribution in [0.5, 0.6) is 11.5 Å². The summed E-state index contributed by atoms with van der Waals surface area (Å²) in [6.07, 6.45) is 0. The van der Waals surface area contributed by atoms with Gasteiger partial charge >= 0.3 is 0 Å². The van der Waals surface area contributed by atoms with Crippen LogP contribution in [0.4, 0.5) is 0 Å². The first kappa shape index (κ1) is 16.1. The number of aliphatic hydroxyl groups excluding tert-OH is 1. The molecule has 0 aliphatic rings. The molecular weight excluding hydrogens is 309 g/mol. The minimum atomic E-state index is 0.149. The van der Waals surface area contributed by atoms with Crippen LogP contribution in [-0.4, -0.2) is 30.2 Å². The number of rotatable bonds is 6. The Morgan fingerprint density at radius 2 is 1.81 bits per heavy atom. The highest BCUT2D eigenvalue weighted by Gasteiger charge is 2.04. The molecule has 2 aromatic carbocycles. The van der Waals surface area contributed by atoms with E-state index in [1.165, 1.54) is 0 Å². The van der Waals surface area contributed by atoms with E-state index in [1.807, 2.05) is 36.2 Å². The monoisotopic (exact) mass is 325 g/mol. The molecule has 0 aliphatic carbocycles. The van der Waals surface area contributed by atoms with Crippen molar-refractivity contribution in [3.05, 3.63) is 58.1 Å². The average Bonchev–Trinajstić information content (AvgIpc) is 2.43. The Hall–Kier alpha value is -1.26. The van der Waals surface area contributed by atoms with Gasteiger partial charge in [-0.25, -0.2) is 0 Å². The third-order valence-electron chi connectivity index (χ3n) is 2.96. The van der Waals surface area contributed by atoms with Crippen molar-refractivity contribution in [1.82, 2.24) is 4.90 Å². The van der Waals surface area contributed by atoms with Gasteiger partial charge in [0.15, 0.2) is 0 Å². The predicted molar refractivity (Wildman–Crippen MR) is 86.4 cm³/mol. The lowest BCUT2D eigenvalue weighted by Gasteiger charge is -2.15. The highest BCUT2D eigenvalue weighted by molar-refractivity contribution is 6.42. The van der Waals surface area contributed by atoms with E-state index in [4.69, 9.17) is 33.0 Å². The number of aliphatic hydroxyl groups is 1. The number of halogens is 2. The number of hydrogen-bond acceptors (Lipinski definition) is 3. The Kier molecular flexibility index (Phi) is 5.88. The van der Waals surface area contributed by atoms with Gasteiger partial charge in [-0.2, -0.15) is 0 Å². The van der Waals surface area contributed by atoms with Crippen molar-refractivity contribution in [2.45, 2.75) is 6.54 Å². The molecule has 0 unspecified atom stereocenters. The summed E-state index contributed by atoms with van der Waals surface area (Å²) in [7, 11) is 1.96. The van der Waals surface area contributed by atoms with Gasteiger partial charge < -0.3 is 9.84 Å². The van der Waals surface area contributed by atoms with Gasteiger partial charge in [-0.3, -0.25) is 4.90 Å². The Morgan fingerprint density at radius 1 is 1.05 bits per heavy atom. The number of ether oxygens (including phenoxy) is 1. The van der Waals surface area contributed by atoms with Crippen LogP contribution in [0.3, 0.4) is 0 Å². The normalized spacial score (nSPS) is 10.9. The summed E-state index contributed by atoms with van der Waals surface area (Å²) in [6, 6.07) is 13.0. The van der Waals surface area contributed by atoms with E-state index in [-0.39, 0.29) is 6.61 Å². The van der Waals surface area contributed by atoms with Crippen molar-refractivity contribution < 1.29 is 9.84 Å². The molecule has 0 aromatic heterocycles. The Balaban J connectivity index is 2.08. The van der Waals surface area contributed by atoms with Gasteiger partial charge in [0.2, 0.25) is 0 Å². The fourth-order valence-electron chi connectivity index (χ4n) is 1.95. The first-order chi connectivity index (χ1) is 10.1. The molecule has 3 nitrogen and oxygen atoms in total. The second-order valence-electron chi connectivity index (χ2n) is 4.79. The zero-order valence-electron chi connectivity index (χ0n) is 11.7. The van der Waals surface area contributed by atoms with Crippen LogP contribution in [0.1, 0.15) is 5.56 Å². The smallest absolute Gasteiger partial charge is 0.129 e. The van der Waals surface area contributed by atoms with Crippen molar-refractivity contribution in [3.8, 4) is 11.5 Å². The third kappa shape index (κ3) is 4.90. The Bertz CT molecular complexity index is 605. The molecule has 5 heteroatoms. The lowest BCUT2D eigenvalue weighted by molar-refractivity contribution is 0.217. The summed E-state index contributed by atoms with van der Waals surface area (Å²) in [5, 5.41) is 9.89. The van der Waals surface area contributed by atoms with Gasteiger partial charge in [0.05, 0.1) is 16.7 Å². The van der Waals surface area contributed by atoms with E-state index in [2.05, 4.69) is 0 Å². The van der Waals surface area contributed by atoms with Gasteiger partial charge in [-0.15, -0.1) is 0 Å². The van der Waals surface area contributed by atoms with Crippen LogP contribution in [0.2, 0.25) is 10.0 Å². The van der Waals surface area contributed by atoms with Crippen molar-refractivity contribution in [1.29, 1.82) is 0 Å². The quantitative estimate of drug-likeness (QED) is 0.863. The molecule has 0 amide bonds. The second kappa shape index (κ2) is 7.66. The lowest BCUT2D eigenvalue weighted by Crippen LogP contribution is -2.21. The summed E-state index contributed by atoms with van der Waals surface area (Å²) >= 11 is 11.9. The van der Waals surface area contributed by atoms with Gasteiger partial charge in [-0.05, 0) is 36.9 Å². The molecule has 0 aliphatic heterocycles. The van der Waals surface area contributed by atoms with E-state index in [0.717, 1.165) is 17.9 Å². The summed E-state index contributed by atoms with van der Waals surface area (Å²) in [6.45, 7) is 1.53. The molecule has 0 bridgehead atoms. The average molecular weight is 326 g/mol. The Labute approximate surface area is 134 Å². The molecule has 0 heterocycles. The van der Waals surface area contributed by atoms with Crippen LogP contribution in [-0.2, 0) is 6.54 Å². The fraction of sp³-hybridized carbons (Fsp3) is 0.250. The van der Waals surface area contributed by atoms with Gasteiger partial charge in [-0.1, -0.05) is 35.3 Å². The molecule has 2 aromatic rings. The predicted octanol–water partition coefficient (Wildman–Crippen LogP) is 4.21. The first-order valence-corrected chi connectivity index (χ1v) is 7.35. The highest BCUT2D eigenvalue weighted by atomic mass is 35.5. The van der Waals surface area contributed by atoms with Crippen LogP contribution in [0.15, 0.2) is 42.5 Å². The molecule has 0 radical (unpaired) electrons. The minimum Gasteiger partial charge on any atom is -0.457 e. The van der Waals surface area contributed by atoms with E-state index in [0.29, 0.717) is 22.3 Å². The van der Waals surface area contributed by atoms with Crippen molar-refractivity contribution >= 4 is 23.2 Å². The lowest BCUT2D eigenvalue weighted by atomic mass is 10.2. The molecule has 0 atom stereocenters. The minimum absolute atomic E-state index is 0.149. The van der Waals surface area contributed by atoms with Crippen molar-refractivity contribution in [3.63, 3.8) is 0 Å². The topological polar surface area (TPSA) is 32.7 Å². The van der Waals surface area contributed by atoms with E-state index >= 15 is 0 Å². The summed E-state index contributed by atoms with van der Waals surface area (Å²) in [5.74, 6) is 1.38. The van der Waals surface area contributed by atoms with Crippen LogP contribution < -0.4 is 4.74 Å². The largest absolute Gasteiger partial charge is 0.457 e. The SMILES string of the molecule is CN(CCO)Cc1cccc(Oc2ccc(Cl)c(Cl)c2)c1. The maximum absolute atomic E-state index is 8.92. The maximum Gasteiger partial charge on any atom is 0.129 e. The second-order valence-corrected chi connectivity index (χ2v) is 5.60. The molecule has 0 saturated carbocycles.